The van der Waals surface area contributed by atoms with E-state index in [1.807, 2.05) is 6.92 Å². The smallest absolute Gasteiger partial charge is 0.133 e. The molecule has 3 fully saturated rings. The molecule has 4 aliphatic carbocycles. The SMILES string of the molecule is C=C=C1C=C2CCC3C4CCC(C(C)=O)C4(C)CCC3[C@@]2(C)CC1. The minimum Gasteiger partial charge on any atom is -0.300 e. The van der Waals surface area contributed by atoms with Crippen LogP contribution in [0, 0.1) is 34.5 Å². The fourth-order valence-electron chi connectivity index (χ4n) is 7.39. The molecule has 0 aromatic heterocycles. The summed E-state index contributed by atoms with van der Waals surface area (Å²) in [5.41, 5.74) is 6.80. The summed E-state index contributed by atoms with van der Waals surface area (Å²) in [6.45, 7) is 10.7. The Morgan fingerprint density at radius 2 is 1.92 bits per heavy atom. The van der Waals surface area contributed by atoms with Crippen molar-refractivity contribution < 1.29 is 4.79 Å². The van der Waals surface area contributed by atoms with Crippen LogP contribution in [0.4, 0.5) is 0 Å². The number of Topliss-reactive ketones (excluding diaryl/α,β-unsaturated/α-hetero) is 1. The Hall–Kier alpha value is -1.07. The van der Waals surface area contributed by atoms with Gasteiger partial charge in [0.2, 0.25) is 0 Å². The normalized spacial score (nSPS) is 47.1. The minimum atomic E-state index is 0.283. The maximum Gasteiger partial charge on any atom is 0.133 e. The number of carbonyl (C=O) groups is 1. The first kappa shape index (κ1) is 16.4. The number of rotatable bonds is 1. The van der Waals surface area contributed by atoms with E-state index < -0.39 is 0 Å². The standard InChI is InChI=1S/C23H32O/c1-5-16-10-12-22(3)17(14-16)6-7-18-20-9-8-19(15(2)24)23(20,4)13-11-21(18)22/h14,18-21H,1,6-13H2,2-4H3/t18?,19?,20?,21?,22-,23?/m0/s1. The van der Waals surface area contributed by atoms with Crippen LogP contribution in [0.2, 0.25) is 0 Å². The van der Waals surface area contributed by atoms with Gasteiger partial charge in [-0.3, -0.25) is 4.79 Å². The predicted octanol–water partition coefficient (Wildman–Crippen LogP) is 5.87. The summed E-state index contributed by atoms with van der Waals surface area (Å²) in [5, 5.41) is 0. The molecule has 0 aromatic carbocycles. The Morgan fingerprint density at radius 3 is 2.62 bits per heavy atom. The summed E-state index contributed by atoms with van der Waals surface area (Å²) < 4.78 is 0. The number of fused-ring (bicyclic) bond motifs is 5. The molecular formula is C23H32O. The van der Waals surface area contributed by atoms with Crippen LogP contribution in [-0.4, -0.2) is 5.78 Å². The topological polar surface area (TPSA) is 17.1 Å². The third-order valence-electron chi connectivity index (χ3n) is 8.72. The van der Waals surface area contributed by atoms with Crippen molar-refractivity contribution >= 4 is 5.78 Å². The highest BCUT2D eigenvalue weighted by Crippen LogP contribution is 2.66. The van der Waals surface area contributed by atoms with Gasteiger partial charge in [-0.1, -0.05) is 32.1 Å². The quantitative estimate of drug-likeness (QED) is 0.552. The van der Waals surface area contributed by atoms with Gasteiger partial charge >= 0.3 is 0 Å². The number of hydrogen-bond acceptors (Lipinski definition) is 1. The number of allylic oxidation sites excluding steroid dienone is 3. The molecule has 24 heavy (non-hydrogen) atoms. The Labute approximate surface area is 147 Å². The fraction of sp³-hybridized carbons (Fsp3) is 0.739. The van der Waals surface area contributed by atoms with E-state index in [0.29, 0.717) is 17.1 Å². The zero-order valence-electron chi connectivity index (χ0n) is 15.7. The highest BCUT2D eigenvalue weighted by molar-refractivity contribution is 5.79. The maximum atomic E-state index is 12.2. The molecular weight excluding hydrogens is 292 g/mol. The van der Waals surface area contributed by atoms with Crippen LogP contribution in [0.15, 0.2) is 29.5 Å². The second-order valence-electron chi connectivity index (χ2n) is 9.49. The molecule has 6 atom stereocenters. The van der Waals surface area contributed by atoms with Crippen molar-refractivity contribution in [3.63, 3.8) is 0 Å². The third kappa shape index (κ3) is 2.10. The lowest BCUT2D eigenvalue weighted by Crippen LogP contribution is -2.50. The summed E-state index contributed by atoms with van der Waals surface area (Å²) in [4.78, 5) is 12.2. The molecule has 4 rings (SSSR count). The zero-order valence-corrected chi connectivity index (χ0v) is 15.7. The van der Waals surface area contributed by atoms with E-state index in [9.17, 15) is 4.79 Å². The van der Waals surface area contributed by atoms with Crippen LogP contribution >= 0.6 is 0 Å². The van der Waals surface area contributed by atoms with Crippen LogP contribution < -0.4 is 0 Å². The third-order valence-corrected chi connectivity index (χ3v) is 8.72. The lowest BCUT2D eigenvalue weighted by atomic mass is 9.46. The highest BCUT2D eigenvalue weighted by atomic mass is 16.1. The Morgan fingerprint density at radius 1 is 1.12 bits per heavy atom. The molecule has 0 aliphatic heterocycles. The molecule has 0 radical (unpaired) electrons. The van der Waals surface area contributed by atoms with Gasteiger partial charge in [0, 0.05) is 5.92 Å². The van der Waals surface area contributed by atoms with Gasteiger partial charge in [-0.15, -0.1) is 5.73 Å². The number of hydrogen-bond donors (Lipinski definition) is 0. The fourth-order valence-corrected chi connectivity index (χ4v) is 7.39. The highest BCUT2D eigenvalue weighted by Gasteiger charge is 2.59. The summed E-state index contributed by atoms with van der Waals surface area (Å²) >= 11 is 0. The van der Waals surface area contributed by atoms with E-state index in [1.165, 1.54) is 44.1 Å². The summed E-state index contributed by atoms with van der Waals surface area (Å²) in [6, 6.07) is 0. The Balaban J connectivity index is 1.67. The lowest BCUT2D eigenvalue weighted by Gasteiger charge is -2.58. The first-order valence-corrected chi connectivity index (χ1v) is 10.0. The molecule has 0 N–H and O–H groups in total. The van der Waals surface area contributed by atoms with Crippen molar-refractivity contribution in [2.45, 2.75) is 72.1 Å². The molecule has 5 unspecified atom stereocenters. The van der Waals surface area contributed by atoms with Gasteiger partial charge in [0.25, 0.3) is 0 Å². The first-order chi connectivity index (χ1) is 11.4. The van der Waals surface area contributed by atoms with Gasteiger partial charge in [-0.05, 0) is 92.4 Å². The molecule has 0 saturated heterocycles. The van der Waals surface area contributed by atoms with Gasteiger partial charge in [0.15, 0.2) is 0 Å². The second-order valence-corrected chi connectivity index (χ2v) is 9.49. The molecule has 4 aliphatic rings. The van der Waals surface area contributed by atoms with Gasteiger partial charge in [-0.25, -0.2) is 0 Å². The van der Waals surface area contributed by atoms with Gasteiger partial charge in [0.1, 0.15) is 5.78 Å². The first-order valence-electron chi connectivity index (χ1n) is 10.0. The Kier molecular flexibility index (Phi) is 3.73. The van der Waals surface area contributed by atoms with Crippen molar-refractivity contribution in [3.05, 3.63) is 29.5 Å². The number of ketones is 1. The summed E-state index contributed by atoms with van der Waals surface area (Å²) in [7, 11) is 0. The van der Waals surface area contributed by atoms with Gasteiger partial charge in [0.05, 0.1) is 0 Å². The molecule has 0 spiro atoms. The van der Waals surface area contributed by atoms with Crippen LogP contribution in [-0.2, 0) is 4.79 Å². The lowest BCUT2D eigenvalue weighted by molar-refractivity contribution is -0.127. The van der Waals surface area contributed by atoms with Crippen LogP contribution in [0.3, 0.4) is 0 Å². The van der Waals surface area contributed by atoms with E-state index in [0.717, 1.165) is 30.6 Å². The van der Waals surface area contributed by atoms with E-state index in [4.69, 9.17) is 0 Å². The van der Waals surface area contributed by atoms with E-state index in [-0.39, 0.29) is 5.41 Å². The number of carbonyl (C=O) groups excluding carboxylic acids is 1. The molecule has 0 bridgehead atoms. The van der Waals surface area contributed by atoms with Crippen molar-refractivity contribution in [1.82, 2.24) is 0 Å². The van der Waals surface area contributed by atoms with Crippen LogP contribution in [0.25, 0.3) is 0 Å². The Bertz CT molecular complexity index is 649. The predicted molar refractivity (Wildman–Crippen MR) is 98.5 cm³/mol. The average Bonchev–Trinajstić information content (AvgIpc) is 2.91. The minimum absolute atomic E-state index is 0.283. The van der Waals surface area contributed by atoms with E-state index in [2.05, 4.69) is 32.2 Å². The molecule has 0 heterocycles. The molecule has 130 valence electrons. The van der Waals surface area contributed by atoms with E-state index in [1.54, 1.807) is 5.57 Å². The summed E-state index contributed by atoms with van der Waals surface area (Å²) in [5.74, 6) is 3.21. The van der Waals surface area contributed by atoms with Crippen molar-refractivity contribution in [3.8, 4) is 0 Å². The summed E-state index contributed by atoms with van der Waals surface area (Å²) in [6.07, 6.45) is 12.4. The van der Waals surface area contributed by atoms with E-state index >= 15 is 0 Å². The van der Waals surface area contributed by atoms with Crippen LogP contribution in [0.5, 0.6) is 0 Å². The zero-order chi connectivity index (χ0) is 17.1. The molecule has 0 amide bonds. The monoisotopic (exact) mass is 324 g/mol. The second kappa shape index (κ2) is 5.46. The molecule has 3 saturated carbocycles. The maximum absolute atomic E-state index is 12.2. The van der Waals surface area contributed by atoms with Crippen molar-refractivity contribution in [2.75, 3.05) is 0 Å². The van der Waals surface area contributed by atoms with Gasteiger partial charge in [-0.2, -0.15) is 0 Å². The molecule has 0 aromatic rings. The van der Waals surface area contributed by atoms with Crippen molar-refractivity contribution in [1.29, 1.82) is 0 Å². The van der Waals surface area contributed by atoms with Gasteiger partial charge < -0.3 is 0 Å². The molecule has 1 nitrogen and oxygen atoms in total. The molecule has 1 heteroatoms. The van der Waals surface area contributed by atoms with Crippen LogP contribution in [0.1, 0.15) is 72.1 Å². The average molecular weight is 325 g/mol. The largest absolute Gasteiger partial charge is 0.300 e. The van der Waals surface area contributed by atoms with Crippen molar-refractivity contribution in [2.24, 2.45) is 34.5 Å².